The highest BCUT2D eigenvalue weighted by atomic mass is 16.5. The van der Waals surface area contributed by atoms with Crippen molar-refractivity contribution in [1.82, 2.24) is 4.90 Å². The van der Waals surface area contributed by atoms with E-state index in [1.54, 1.807) is 48.3 Å². The molecule has 0 saturated heterocycles. The average Bonchev–Trinajstić information content (AvgIpc) is 2.67. The lowest BCUT2D eigenvalue weighted by Crippen LogP contribution is -2.32. The topological polar surface area (TPSA) is 66.8 Å². The Kier molecular flexibility index (Phi) is 6.71. The Morgan fingerprint density at radius 2 is 1.72 bits per heavy atom. The van der Waals surface area contributed by atoms with Gasteiger partial charge in [-0.1, -0.05) is 42.5 Å². The number of hydrogen-bond donors (Lipinski definition) is 1. The van der Waals surface area contributed by atoms with Crippen LogP contribution in [0.25, 0.3) is 0 Å². The quantitative estimate of drug-likeness (QED) is 0.786. The number of nitrogens with zero attached hydrogens (tertiary/aromatic N) is 1. The van der Waals surface area contributed by atoms with E-state index in [2.05, 4.69) is 4.74 Å². The van der Waals surface area contributed by atoms with E-state index in [4.69, 9.17) is 0 Å². The molecule has 0 radical (unpaired) electrons. The summed E-state index contributed by atoms with van der Waals surface area (Å²) in [6.45, 7) is 0.543. The first-order chi connectivity index (χ1) is 12.0. The van der Waals surface area contributed by atoms with E-state index in [0.717, 1.165) is 18.4 Å². The molecule has 2 aromatic rings. The van der Waals surface area contributed by atoms with Crippen LogP contribution < -0.4 is 0 Å². The predicted molar refractivity (Wildman–Crippen MR) is 95.1 cm³/mol. The fourth-order valence-electron chi connectivity index (χ4n) is 2.54. The summed E-state index contributed by atoms with van der Waals surface area (Å²) in [6.07, 6.45) is 0.410. The van der Waals surface area contributed by atoms with Gasteiger partial charge in [0.2, 0.25) is 0 Å². The average molecular weight is 341 g/mol. The molecular weight excluding hydrogens is 318 g/mol. The van der Waals surface area contributed by atoms with Gasteiger partial charge in [-0.2, -0.15) is 0 Å². The number of esters is 1. The first-order valence-electron chi connectivity index (χ1n) is 8.18. The normalized spacial score (nSPS) is 11.6. The molecular formula is C20H23NO4. The molecule has 0 aromatic heterocycles. The van der Waals surface area contributed by atoms with Gasteiger partial charge in [0.25, 0.3) is 5.91 Å². The Balaban J connectivity index is 1.82. The number of methoxy groups -OCH3 is 1. The van der Waals surface area contributed by atoms with Crippen LogP contribution in [-0.4, -0.2) is 42.6 Å². The second-order valence-corrected chi connectivity index (χ2v) is 5.87. The van der Waals surface area contributed by atoms with Crippen LogP contribution in [0.3, 0.4) is 0 Å². The van der Waals surface area contributed by atoms with E-state index in [1.807, 2.05) is 18.2 Å². The highest BCUT2D eigenvalue weighted by Gasteiger charge is 2.20. The van der Waals surface area contributed by atoms with Crippen LogP contribution in [0.15, 0.2) is 54.6 Å². The molecule has 2 aromatic carbocycles. The van der Waals surface area contributed by atoms with E-state index < -0.39 is 6.10 Å². The SMILES string of the molecule is COC(=O)c1ccc(CCCN(C)C(=O)[C@@H](O)c2ccccc2)cc1. The third kappa shape index (κ3) is 5.16. The smallest absolute Gasteiger partial charge is 0.337 e. The molecule has 0 unspecified atom stereocenters. The second-order valence-electron chi connectivity index (χ2n) is 5.87. The van der Waals surface area contributed by atoms with Crippen LogP contribution in [0, 0.1) is 0 Å². The molecule has 0 fully saturated rings. The van der Waals surface area contributed by atoms with Crippen molar-refractivity contribution in [3.63, 3.8) is 0 Å². The summed E-state index contributed by atoms with van der Waals surface area (Å²) < 4.78 is 4.67. The van der Waals surface area contributed by atoms with Crippen molar-refractivity contribution in [1.29, 1.82) is 0 Å². The summed E-state index contributed by atoms with van der Waals surface area (Å²) in [5.41, 5.74) is 2.19. The summed E-state index contributed by atoms with van der Waals surface area (Å²) in [5, 5.41) is 10.1. The summed E-state index contributed by atoms with van der Waals surface area (Å²) in [5.74, 6) is -0.668. The van der Waals surface area contributed by atoms with E-state index in [0.29, 0.717) is 17.7 Å². The number of carbonyl (C=O) groups is 2. The number of aliphatic hydroxyl groups excluding tert-OH is 1. The molecule has 132 valence electrons. The van der Waals surface area contributed by atoms with Crippen LogP contribution in [-0.2, 0) is 16.0 Å². The standard InChI is InChI=1S/C20H23NO4/c1-21(19(23)18(22)16-8-4-3-5-9-16)14-6-7-15-10-12-17(13-11-15)20(24)25-2/h3-5,8-13,18,22H,6-7,14H2,1-2H3/t18-/m0/s1. The molecule has 1 atom stereocenters. The Morgan fingerprint density at radius 1 is 1.08 bits per heavy atom. The number of aliphatic hydroxyl groups is 1. The molecule has 2 rings (SSSR count). The molecule has 0 aliphatic heterocycles. The zero-order chi connectivity index (χ0) is 18.2. The summed E-state index contributed by atoms with van der Waals surface area (Å²) in [6, 6.07) is 16.1. The van der Waals surface area contributed by atoms with Crippen LogP contribution in [0.1, 0.15) is 34.0 Å². The molecule has 0 aliphatic rings. The number of ether oxygens (including phenoxy) is 1. The summed E-state index contributed by atoms with van der Waals surface area (Å²) in [7, 11) is 3.04. The van der Waals surface area contributed by atoms with Gasteiger partial charge in [0, 0.05) is 13.6 Å². The minimum atomic E-state index is -1.13. The Labute approximate surface area is 147 Å². The van der Waals surface area contributed by atoms with E-state index in [9.17, 15) is 14.7 Å². The molecule has 1 N–H and O–H groups in total. The number of benzene rings is 2. The molecule has 5 heteroatoms. The first kappa shape index (κ1) is 18.7. The zero-order valence-corrected chi connectivity index (χ0v) is 14.5. The van der Waals surface area contributed by atoms with Gasteiger partial charge in [0.05, 0.1) is 12.7 Å². The molecule has 25 heavy (non-hydrogen) atoms. The largest absolute Gasteiger partial charge is 0.465 e. The van der Waals surface area contributed by atoms with Crippen molar-refractivity contribution in [3.05, 3.63) is 71.3 Å². The first-order valence-corrected chi connectivity index (χ1v) is 8.18. The van der Waals surface area contributed by atoms with Crippen molar-refractivity contribution in [3.8, 4) is 0 Å². The van der Waals surface area contributed by atoms with Crippen molar-refractivity contribution in [2.24, 2.45) is 0 Å². The number of likely N-dealkylation sites (N-methyl/N-ethyl adjacent to an activating group) is 1. The fourth-order valence-corrected chi connectivity index (χ4v) is 2.54. The fraction of sp³-hybridized carbons (Fsp3) is 0.300. The van der Waals surface area contributed by atoms with Crippen LogP contribution in [0.4, 0.5) is 0 Å². The maximum absolute atomic E-state index is 12.3. The minimum absolute atomic E-state index is 0.313. The van der Waals surface area contributed by atoms with E-state index >= 15 is 0 Å². The Hall–Kier alpha value is -2.66. The molecule has 0 bridgehead atoms. The Morgan fingerprint density at radius 3 is 2.32 bits per heavy atom. The van der Waals surface area contributed by atoms with Gasteiger partial charge in [-0.25, -0.2) is 4.79 Å². The number of rotatable bonds is 7. The lowest BCUT2D eigenvalue weighted by atomic mass is 10.1. The highest BCUT2D eigenvalue weighted by Crippen LogP contribution is 2.15. The van der Waals surface area contributed by atoms with E-state index in [-0.39, 0.29) is 11.9 Å². The number of hydrogen-bond acceptors (Lipinski definition) is 4. The van der Waals surface area contributed by atoms with Gasteiger partial charge < -0.3 is 14.7 Å². The third-order valence-corrected chi connectivity index (χ3v) is 4.06. The van der Waals surface area contributed by atoms with Gasteiger partial charge in [-0.05, 0) is 36.1 Å². The molecule has 0 heterocycles. The molecule has 0 aliphatic carbocycles. The number of amides is 1. The molecule has 5 nitrogen and oxygen atoms in total. The Bertz CT molecular complexity index is 697. The lowest BCUT2D eigenvalue weighted by molar-refractivity contribution is -0.139. The lowest BCUT2D eigenvalue weighted by Gasteiger charge is -2.21. The highest BCUT2D eigenvalue weighted by molar-refractivity contribution is 5.89. The van der Waals surface area contributed by atoms with E-state index in [1.165, 1.54) is 7.11 Å². The van der Waals surface area contributed by atoms with Crippen LogP contribution >= 0.6 is 0 Å². The van der Waals surface area contributed by atoms with Gasteiger partial charge >= 0.3 is 5.97 Å². The predicted octanol–water partition coefficient (Wildman–Crippen LogP) is 2.60. The van der Waals surface area contributed by atoms with Gasteiger partial charge in [0.15, 0.2) is 6.10 Å². The molecule has 1 amide bonds. The molecule has 0 spiro atoms. The summed E-state index contributed by atoms with van der Waals surface area (Å²) in [4.78, 5) is 25.2. The van der Waals surface area contributed by atoms with Gasteiger partial charge in [-0.15, -0.1) is 0 Å². The minimum Gasteiger partial charge on any atom is -0.465 e. The summed E-state index contributed by atoms with van der Waals surface area (Å²) >= 11 is 0. The van der Waals surface area contributed by atoms with Gasteiger partial charge in [-0.3, -0.25) is 4.79 Å². The maximum Gasteiger partial charge on any atom is 0.337 e. The second kappa shape index (κ2) is 8.99. The van der Waals surface area contributed by atoms with Crippen LogP contribution in [0.5, 0.6) is 0 Å². The maximum atomic E-state index is 12.3. The molecule has 0 saturated carbocycles. The zero-order valence-electron chi connectivity index (χ0n) is 14.5. The van der Waals surface area contributed by atoms with Crippen molar-refractivity contribution in [2.45, 2.75) is 18.9 Å². The number of aryl methyl sites for hydroxylation is 1. The van der Waals surface area contributed by atoms with Crippen molar-refractivity contribution < 1.29 is 19.4 Å². The van der Waals surface area contributed by atoms with Crippen molar-refractivity contribution >= 4 is 11.9 Å². The van der Waals surface area contributed by atoms with Crippen LogP contribution in [0.2, 0.25) is 0 Å². The van der Waals surface area contributed by atoms with Crippen molar-refractivity contribution in [2.75, 3.05) is 20.7 Å². The third-order valence-electron chi connectivity index (χ3n) is 4.06. The van der Waals surface area contributed by atoms with Gasteiger partial charge in [0.1, 0.15) is 0 Å². The monoisotopic (exact) mass is 341 g/mol. The number of carbonyl (C=O) groups excluding carboxylic acids is 2.